The lowest BCUT2D eigenvalue weighted by atomic mass is 9.87. The van der Waals surface area contributed by atoms with Crippen molar-refractivity contribution in [3.8, 4) is 0 Å². The molecule has 0 aromatic heterocycles. The third-order valence-electron chi connectivity index (χ3n) is 9.98. The number of quaternary nitrogens is 1. The van der Waals surface area contributed by atoms with Crippen molar-refractivity contribution in [1.29, 1.82) is 0 Å². The van der Waals surface area contributed by atoms with Gasteiger partial charge < -0.3 is 48.0 Å². The summed E-state index contributed by atoms with van der Waals surface area (Å²) < 4.78 is 40.2. The van der Waals surface area contributed by atoms with Gasteiger partial charge in [0.15, 0.2) is 6.29 Å². The number of allylic oxidation sites excluding steroid dienone is 3. The van der Waals surface area contributed by atoms with E-state index in [0.717, 1.165) is 25.7 Å². The van der Waals surface area contributed by atoms with Crippen LogP contribution < -0.4 is 4.89 Å². The van der Waals surface area contributed by atoms with E-state index in [1.165, 1.54) is 70.6 Å². The molecule has 7 atom stereocenters. The predicted octanol–water partition coefficient (Wildman–Crippen LogP) is 8.08. The molecule has 0 spiro atoms. The average molecular weight is 832 g/mol. The summed E-state index contributed by atoms with van der Waals surface area (Å²) in [5, 5.41) is 30.9. The number of carbonyl (C=O) groups excluding carboxylic acids is 1. The summed E-state index contributed by atoms with van der Waals surface area (Å²) in [6.45, 7) is 4.84. The van der Waals surface area contributed by atoms with E-state index in [-0.39, 0.29) is 32.0 Å². The van der Waals surface area contributed by atoms with Crippen molar-refractivity contribution in [1.82, 2.24) is 0 Å². The molecule has 1 aliphatic heterocycles. The molecule has 0 amide bonds. The number of hydrogen-bond acceptors (Lipinski definition) is 11. The molecule has 12 nitrogen and oxygen atoms in total. The molecule has 1 fully saturated rings. The van der Waals surface area contributed by atoms with Gasteiger partial charge >= 0.3 is 5.97 Å². The first-order valence-electron chi connectivity index (χ1n) is 22.1. The Morgan fingerprint density at radius 1 is 0.842 bits per heavy atom. The van der Waals surface area contributed by atoms with E-state index in [9.17, 15) is 29.6 Å². The van der Waals surface area contributed by atoms with E-state index >= 15 is 0 Å². The lowest BCUT2D eigenvalue weighted by Crippen LogP contribution is -2.43. The van der Waals surface area contributed by atoms with Gasteiger partial charge in [-0.1, -0.05) is 134 Å². The van der Waals surface area contributed by atoms with Gasteiger partial charge in [-0.2, -0.15) is 0 Å². The van der Waals surface area contributed by atoms with E-state index in [1.54, 1.807) is 12.2 Å². The highest BCUT2D eigenvalue weighted by Crippen LogP contribution is 2.38. The summed E-state index contributed by atoms with van der Waals surface area (Å²) in [5.41, 5.74) is 0. The summed E-state index contributed by atoms with van der Waals surface area (Å²) in [6, 6.07) is 0. The number of phosphoric acid groups is 1. The molecule has 7 unspecified atom stereocenters. The molecule has 0 bridgehead atoms. The molecule has 3 N–H and O–H groups in total. The largest absolute Gasteiger partial charge is 0.756 e. The molecule has 0 aromatic carbocycles. The minimum Gasteiger partial charge on any atom is -0.756 e. The second-order valence-electron chi connectivity index (χ2n) is 16.6. The Labute approximate surface area is 346 Å². The second kappa shape index (κ2) is 33.3. The van der Waals surface area contributed by atoms with Crippen LogP contribution in [0, 0.1) is 5.92 Å². The summed E-state index contributed by atoms with van der Waals surface area (Å²) in [6.07, 6.45) is 27.9. The fraction of sp³-hybridized carbons (Fsp3) is 0.841. The maximum Gasteiger partial charge on any atom is 0.306 e. The Morgan fingerprint density at radius 3 is 2.09 bits per heavy atom. The SMILES string of the molecule is CC/C=C\CC(O)/C=C/C1OC(O)CC(O)C1C/C=C\CCCC(=O)OC(COCCCCCCCCCCCCCCCC)COP(=O)([O-])OCC[N+](C)(C)C. The molecule has 1 rings (SSSR count). The molecule has 0 aromatic rings. The van der Waals surface area contributed by atoms with Crippen LogP contribution >= 0.6 is 7.82 Å². The van der Waals surface area contributed by atoms with E-state index in [4.69, 9.17) is 23.3 Å². The number of aliphatic hydroxyl groups excluding tert-OH is 3. The molecule has 0 radical (unpaired) electrons. The molecule has 1 saturated heterocycles. The number of hydrogen-bond donors (Lipinski definition) is 3. The molecule has 57 heavy (non-hydrogen) atoms. The maximum atomic E-state index is 12.8. The minimum absolute atomic E-state index is 0.0194. The van der Waals surface area contributed by atoms with Crippen LogP contribution in [0.3, 0.4) is 0 Å². The van der Waals surface area contributed by atoms with Crippen LogP contribution in [0.1, 0.15) is 149 Å². The Kier molecular flexibility index (Phi) is 31.3. The number of nitrogens with zero attached hydrogens (tertiary/aromatic N) is 1. The number of likely N-dealkylation sites (N-methyl/N-ethyl adjacent to an activating group) is 1. The number of carbonyl (C=O) groups is 1. The van der Waals surface area contributed by atoms with Crippen molar-refractivity contribution in [3.63, 3.8) is 0 Å². The number of unbranched alkanes of at least 4 members (excludes halogenated alkanes) is 14. The van der Waals surface area contributed by atoms with Crippen molar-refractivity contribution < 1.29 is 57.3 Å². The first-order valence-corrected chi connectivity index (χ1v) is 23.6. The monoisotopic (exact) mass is 832 g/mol. The molecule has 1 aliphatic rings. The Bertz CT molecular complexity index is 1130. The lowest BCUT2D eigenvalue weighted by molar-refractivity contribution is -0.870. The van der Waals surface area contributed by atoms with Gasteiger partial charge in [0.25, 0.3) is 7.82 Å². The van der Waals surface area contributed by atoms with Crippen molar-refractivity contribution in [2.24, 2.45) is 5.92 Å². The molecule has 13 heteroatoms. The van der Waals surface area contributed by atoms with Crippen molar-refractivity contribution in [2.45, 2.75) is 179 Å². The fourth-order valence-electron chi connectivity index (χ4n) is 6.48. The maximum absolute atomic E-state index is 12.8. The van der Waals surface area contributed by atoms with Gasteiger partial charge in [0.05, 0.1) is 52.7 Å². The van der Waals surface area contributed by atoms with Crippen LogP contribution in [-0.2, 0) is 32.6 Å². The smallest absolute Gasteiger partial charge is 0.306 e. The quantitative estimate of drug-likeness (QED) is 0.0184. The first kappa shape index (κ1) is 53.6. The van der Waals surface area contributed by atoms with Gasteiger partial charge in [-0.3, -0.25) is 9.36 Å². The zero-order valence-corrected chi connectivity index (χ0v) is 37.2. The van der Waals surface area contributed by atoms with Gasteiger partial charge in [-0.05, 0) is 38.5 Å². The van der Waals surface area contributed by atoms with Gasteiger partial charge in [0, 0.05) is 25.4 Å². The van der Waals surface area contributed by atoms with E-state index < -0.39 is 51.1 Å². The highest BCUT2D eigenvalue weighted by molar-refractivity contribution is 7.45. The van der Waals surface area contributed by atoms with E-state index in [0.29, 0.717) is 43.3 Å². The molecule has 334 valence electrons. The average Bonchev–Trinajstić information content (AvgIpc) is 3.14. The third-order valence-corrected chi connectivity index (χ3v) is 10.9. The van der Waals surface area contributed by atoms with Crippen LogP contribution in [0.2, 0.25) is 0 Å². The standard InChI is InChI=1S/C44H82NO11P/c1-6-8-10-11-12-13-14-15-16-17-18-19-22-26-33-52-36-39(37-54-57(50,51)53-34-32-45(3,4)5)55-43(48)29-25-21-20-24-28-40-41(47)35-44(49)56-42(40)31-30-38(46)27-23-9-7-2/h9,20,23-24,30-31,38-42,44,46-47,49H,6-8,10-19,21-22,25-29,32-37H2,1-5H3/b23-9-,24-20-,31-30+. The van der Waals surface area contributed by atoms with Crippen LogP contribution in [0.4, 0.5) is 0 Å². The number of esters is 1. The Balaban J connectivity index is 2.50. The summed E-state index contributed by atoms with van der Waals surface area (Å²) in [4.78, 5) is 25.2. The highest BCUT2D eigenvalue weighted by atomic mass is 31.2. The lowest BCUT2D eigenvalue weighted by Gasteiger charge is -2.36. The number of ether oxygens (including phenoxy) is 3. The third kappa shape index (κ3) is 31.2. The zero-order chi connectivity index (χ0) is 42.2. The van der Waals surface area contributed by atoms with Gasteiger partial charge in [-0.25, -0.2) is 0 Å². The van der Waals surface area contributed by atoms with Gasteiger partial charge in [0.1, 0.15) is 19.3 Å². The molecule has 0 saturated carbocycles. The molecular formula is C44H82NO11P. The van der Waals surface area contributed by atoms with E-state index in [1.807, 2.05) is 52.4 Å². The topological polar surface area (TPSA) is 164 Å². The van der Waals surface area contributed by atoms with Crippen LogP contribution in [0.5, 0.6) is 0 Å². The zero-order valence-electron chi connectivity index (χ0n) is 36.3. The van der Waals surface area contributed by atoms with Crippen molar-refractivity contribution in [2.75, 3.05) is 54.1 Å². The Hall–Kier alpha value is -1.44. The molecular weight excluding hydrogens is 749 g/mol. The predicted molar refractivity (Wildman–Crippen MR) is 225 cm³/mol. The molecule has 1 heterocycles. The van der Waals surface area contributed by atoms with E-state index in [2.05, 4.69) is 6.92 Å². The highest BCUT2D eigenvalue weighted by Gasteiger charge is 2.35. The normalized spacial score (nSPS) is 21.4. The van der Waals surface area contributed by atoms with Gasteiger partial charge in [-0.15, -0.1) is 0 Å². The summed E-state index contributed by atoms with van der Waals surface area (Å²) in [7, 11) is 1.19. The van der Waals surface area contributed by atoms with Crippen molar-refractivity contribution in [3.05, 3.63) is 36.5 Å². The van der Waals surface area contributed by atoms with Crippen LogP contribution in [-0.4, -0.2) is 111 Å². The minimum atomic E-state index is -4.60. The fourth-order valence-corrected chi connectivity index (χ4v) is 7.21. The summed E-state index contributed by atoms with van der Waals surface area (Å²) in [5.74, 6) is -0.783. The van der Waals surface area contributed by atoms with Crippen molar-refractivity contribution >= 4 is 13.8 Å². The molecule has 0 aliphatic carbocycles. The van der Waals surface area contributed by atoms with Crippen LogP contribution in [0.15, 0.2) is 36.5 Å². The summed E-state index contributed by atoms with van der Waals surface area (Å²) >= 11 is 0. The Morgan fingerprint density at radius 2 is 1.47 bits per heavy atom. The number of phosphoric ester groups is 1. The number of aliphatic hydroxyl groups is 3. The second-order valence-corrected chi connectivity index (χ2v) is 18.0. The number of rotatable bonds is 36. The first-order chi connectivity index (χ1) is 27.3. The van der Waals surface area contributed by atoms with Crippen LogP contribution in [0.25, 0.3) is 0 Å². The van der Waals surface area contributed by atoms with Gasteiger partial charge in [0.2, 0.25) is 0 Å².